The maximum absolute atomic E-state index is 5.82. The Bertz CT molecular complexity index is 279. The number of nitrogens with zero attached hydrogens (tertiary/aromatic N) is 1. The van der Waals surface area contributed by atoms with Crippen LogP contribution in [0.1, 0.15) is 25.7 Å². The number of nitrogens with two attached hydrogens (primary N) is 1. The number of nitrogens with one attached hydrogen (secondary N) is 1. The molecule has 0 aromatic rings. The van der Waals surface area contributed by atoms with E-state index in [9.17, 15) is 0 Å². The Morgan fingerprint density at radius 3 is 2.82 bits per heavy atom. The lowest BCUT2D eigenvalue weighted by molar-refractivity contribution is 0.129. The summed E-state index contributed by atoms with van der Waals surface area (Å²) < 4.78 is 5.51. The number of ether oxygens (including phenoxy) is 1. The van der Waals surface area contributed by atoms with Crippen molar-refractivity contribution in [2.45, 2.75) is 37.8 Å². The highest BCUT2D eigenvalue weighted by Gasteiger charge is 2.25. The maximum atomic E-state index is 5.82. The zero-order chi connectivity index (χ0) is 11.4. The number of hydrogen-bond donors (Lipinski definition) is 2. The molecular weight excluding hydrogens is 329 g/mol. The minimum absolute atomic E-state index is 0. The van der Waals surface area contributed by atoms with Crippen LogP contribution >= 0.6 is 24.0 Å². The molecule has 2 atom stereocenters. The molecule has 0 aromatic heterocycles. The Morgan fingerprint density at radius 2 is 2.24 bits per heavy atom. The van der Waals surface area contributed by atoms with Crippen LogP contribution in [0.5, 0.6) is 0 Å². The number of aliphatic imine (C=N–C) groups is 1. The fourth-order valence-corrected chi connectivity index (χ4v) is 2.13. The van der Waals surface area contributed by atoms with Gasteiger partial charge in [-0.1, -0.05) is 6.08 Å². The van der Waals surface area contributed by atoms with Gasteiger partial charge in [-0.25, -0.2) is 0 Å². The average molecular weight is 351 g/mol. The molecule has 0 unspecified atom stereocenters. The van der Waals surface area contributed by atoms with E-state index >= 15 is 0 Å². The topological polar surface area (TPSA) is 59.6 Å². The molecule has 0 bridgehead atoms. The maximum Gasteiger partial charge on any atom is 0.188 e. The normalized spacial score (nSPS) is 29.3. The van der Waals surface area contributed by atoms with Crippen molar-refractivity contribution in [3.63, 3.8) is 0 Å². The highest BCUT2D eigenvalue weighted by atomic mass is 127. The monoisotopic (exact) mass is 351 g/mol. The molecule has 4 nitrogen and oxygen atoms in total. The van der Waals surface area contributed by atoms with Crippen LogP contribution in [-0.4, -0.2) is 31.3 Å². The number of halogens is 1. The lowest BCUT2D eigenvalue weighted by atomic mass is 9.93. The van der Waals surface area contributed by atoms with Gasteiger partial charge in [-0.05, 0) is 25.7 Å². The first-order valence-corrected chi connectivity index (χ1v) is 6.10. The van der Waals surface area contributed by atoms with E-state index < -0.39 is 0 Å². The van der Waals surface area contributed by atoms with Crippen LogP contribution in [0.25, 0.3) is 0 Å². The molecule has 17 heavy (non-hydrogen) atoms. The first kappa shape index (κ1) is 14.8. The Morgan fingerprint density at radius 1 is 1.47 bits per heavy atom. The third kappa shape index (κ3) is 4.13. The summed E-state index contributed by atoms with van der Waals surface area (Å²) in [5.41, 5.74) is 5.82. The van der Waals surface area contributed by atoms with Crippen molar-refractivity contribution in [1.82, 2.24) is 5.32 Å². The van der Waals surface area contributed by atoms with E-state index in [0.29, 0.717) is 17.9 Å². The van der Waals surface area contributed by atoms with Gasteiger partial charge in [0.1, 0.15) is 0 Å². The van der Waals surface area contributed by atoms with Crippen LogP contribution in [-0.2, 0) is 4.74 Å². The molecule has 2 aliphatic rings. The summed E-state index contributed by atoms with van der Waals surface area (Å²) in [6.07, 6.45) is 6.82. The van der Waals surface area contributed by atoms with Gasteiger partial charge in [0.15, 0.2) is 5.96 Å². The van der Waals surface area contributed by atoms with E-state index in [1.807, 2.05) is 6.08 Å². The molecule has 0 radical (unpaired) electrons. The molecule has 0 aromatic carbocycles. The molecular formula is C12H22IN3O. The van der Waals surface area contributed by atoms with E-state index in [1.54, 1.807) is 0 Å². The fraction of sp³-hybridized carbons (Fsp3) is 0.750. The van der Waals surface area contributed by atoms with Crippen molar-refractivity contribution in [1.29, 1.82) is 0 Å². The number of hydrogen-bond acceptors (Lipinski definition) is 2. The van der Waals surface area contributed by atoms with E-state index in [-0.39, 0.29) is 30.1 Å². The molecule has 1 heterocycles. The van der Waals surface area contributed by atoms with Crippen molar-refractivity contribution in [2.24, 2.45) is 16.6 Å². The van der Waals surface area contributed by atoms with Crippen molar-refractivity contribution in [3.05, 3.63) is 12.7 Å². The van der Waals surface area contributed by atoms with Gasteiger partial charge in [-0.15, -0.1) is 30.6 Å². The average Bonchev–Trinajstić information content (AvgIpc) is 2.68. The predicted molar refractivity (Wildman–Crippen MR) is 80.7 cm³/mol. The van der Waals surface area contributed by atoms with E-state index in [4.69, 9.17) is 10.5 Å². The zero-order valence-corrected chi connectivity index (χ0v) is 12.4. The second kappa shape index (κ2) is 7.20. The summed E-state index contributed by atoms with van der Waals surface area (Å²) in [5, 5.41) is 3.23. The fourth-order valence-electron chi connectivity index (χ4n) is 2.13. The van der Waals surface area contributed by atoms with Crippen LogP contribution in [0.15, 0.2) is 17.6 Å². The van der Waals surface area contributed by atoms with Gasteiger partial charge in [0.05, 0.1) is 6.10 Å². The summed E-state index contributed by atoms with van der Waals surface area (Å²) in [4.78, 5) is 4.38. The molecule has 0 amide bonds. The van der Waals surface area contributed by atoms with Gasteiger partial charge in [-0.2, -0.15) is 0 Å². The summed E-state index contributed by atoms with van der Waals surface area (Å²) in [6.45, 7) is 5.32. The molecule has 2 fully saturated rings. The van der Waals surface area contributed by atoms with Crippen LogP contribution in [0, 0.1) is 5.92 Å². The van der Waals surface area contributed by atoms with Crippen molar-refractivity contribution >= 4 is 29.9 Å². The highest BCUT2D eigenvalue weighted by molar-refractivity contribution is 14.0. The minimum atomic E-state index is 0. The molecule has 1 aliphatic carbocycles. The third-order valence-electron chi connectivity index (χ3n) is 3.45. The third-order valence-corrected chi connectivity index (χ3v) is 3.45. The summed E-state index contributed by atoms with van der Waals surface area (Å²) in [6, 6.07) is 0.554. The Labute approximate surface area is 120 Å². The van der Waals surface area contributed by atoms with Crippen LogP contribution < -0.4 is 11.1 Å². The molecule has 98 valence electrons. The van der Waals surface area contributed by atoms with Gasteiger partial charge >= 0.3 is 0 Å². The predicted octanol–water partition coefficient (Wildman–Crippen LogP) is 1.65. The van der Waals surface area contributed by atoms with Crippen molar-refractivity contribution in [3.8, 4) is 0 Å². The molecule has 3 N–H and O–H groups in total. The zero-order valence-electron chi connectivity index (χ0n) is 10.1. The molecule has 1 saturated heterocycles. The Balaban J connectivity index is 0.00000144. The van der Waals surface area contributed by atoms with E-state index in [0.717, 1.165) is 19.6 Å². The summed E-state index contributed by atoms with van der Waals surface area (Å²) in [7, 11) is 0. The first-order valence-electron chi connectivity index (χ1n) is 6.10. The summed E-state index contributed by atoms with van der Waals surface area (Å²) >= 11 is 0. The van der Waals surface area contributed by atoms with Gasteiger partial charge in [0.2, 0.25) is 0 Å². The molecule has 0 spiro atoms. The first-order chi connectivity index (χ1) is 7.79. The van der Waals surface area contributed by atoms with Crippen LogP contribution in [0.2, 0.25) is 0 Å². The van der Waals surface area contributed by atoms with E-state index in [1.165, 1.54) is 19.3 Å². The number of rotatable bonds is 4. The van der Waals surface area contributed by atoms with Crippen LogP contribution in [0.4, 0.5) is 0 Å². The summed E-state index contributed by atoms with van der Waals surface area (Å²) in [5.74, 6) is 1.03. The van der Waals surface area contributed by atoms with Gasteiger partial charge in [-0.3, -0.25) is 4.99 Å². The lowest BCUT2D eigenvalue weighted by Gasteiger charge is -2.26. The molecule has 1 aliphatic heterocycles. The molecule has 1 saturated carbocycles. The highest BCUT2D eigenvalue weighted by Crippen LogP contribution is 2.22. The second-order valence-corrected chi connectivity index (χ2v) is 4.62. The smallest absolute Gasteiger partial charge is 0.188 e. The quantitative estimate of drug-likeness (QED) is 0.351. The van der Waals surface area contributed by atoms with Gasteiger partial charge in [0.25, 0.3) is 0 Å². The second-order valence-electron chi connectivity index (χ2n) is 4.62. The SMILES string of the molecule is C=C[C@@H]1OCC[C@H]1CN=C(N)NC1CCC1.I. The lowest BCUT2D eigenvalue weighted by Crippen LogP contribution is -2.44. The van der Waals surface area contributed by atoms with Gasteiger partial charge < -0.3 is 15.8 Å². The molecule has 5 heteroatoms. The molecule has 2 rings (SSSR count). The van der Waals surface area contributed by atoms with Crippen molar-refractivity contribution < 1.29 is 4.74 Å². The number of guanidine groups is 1. The van der Waals surface area contributed by atoms with E-state index in [2.05, 4.69) is 16.9 Å². The standard InChI is InChI=1S/C12H21N3O.HI/c1-2-11-9(6-7-16-11)8-14-12(13)15-10-4-3-5-10;/h2,9-11H,1,3-8H2,(H3,13,14,15);1H/t9-,11-;/m0./s1. The largest absolute Gasteiger partial charge is 0.374 e. The van der Waals surface area contributed by atoms with Crippen LogP contribution in [0.3, 0.4) is 0 Å². The minimum Gasteiger partial charge on any atom is -0.374 e. The Hall–Kier alpha value is -0.300. The van der Waals surface area contributed by atoms with Crippen molar-refractivity contribution in [2.75, 3.05) is 13.2 Å². The van der Waals surface area contributed by atoms with Gasteiger partial charge in [0, 0.05) is 25.1 Å². The Kier molecular flexibility index (Phi) is 6.26.